The number of likely N-dealkylation sites (tertiary alicyclic amines) is 1. The number of benzene rings is 1. The number of nitrogens with zero attached hydrogens (tertiary/aromatic N) is 2. The number of hydrogen-bond donors (Lipinski definition) is 0. The van der Waals surface area contributed by atoms with E-state index in [-0.39, 0.29) is 24.8 Å². The van der Waals surface area contributed by atoms with Crippen molar-refractivity contribution in [1.82, 2.24) is 9.88 Å². The number of fused-ring (bicyclic) bond motifs is 3. The molecule has 2 fully saturated rings. The molecule has 2 aromatic rings. The predicted octanol–water partition coefficient (Wildman–Crippen LogP) is 2.49. The number of carbonyl (C=O) groups is 1. The van der Waals surface area contributed by atoms with Gasteiger partial charge >= 0.3 is 0 Å². The summed E-state index contributed by atoms with van der Waals surface area (Å²) in [5.41, 5.74) is 0.633. The van der Waals surface area contributed by atoms with Crippen LogP contribution in [0.15, 0.2) is 42.6 Å². The molecule has 1 amide bonds. The topological polar surface area (TPSA) is 60.9 Å². The monoisotopic (exact) mass is 338 g/mol. The van der Waals surface area contributed by atoms with E-state index in [2.05, 4.69) is 4.98 Å². The number of aromatic nitrogens is 1. The summed E-state index contributed by atoms with van der Waals surface area (Å²) in [4.78, 5) is 19.2. The van der Waals surface area contributed by atoms with Gasteiger partial charge in [-0.2, -0.15) is 0 Å². The SMILES string of the molecule is O=C(c1ccc2c(c1)OCO2)N1C[C@H]2CC[C@H]1[C@H]2Oc1ccccn1. The van der Waals surface area contributed by atoms with Crippen LogP contribution in [0.1, 0.15) is 23.2 Å². The summed E-state index contributed by atoms with van der Waals surface area (Å²) in [7, 11) is 0. The van der Waals surface area contributed by atoms with E-state index < -0.39 is 0 Å². The molecule has 1 saturated carbocycles. The van der Waals surface area contributed by atoms with Crippen LogP contribution in [0.2, 0.25) is 0 Å². The summed E-state index contributed by atoms with van der Waals surface area (Å²) in [6.07, 6.45) is 3.81. The third-order valence-corrected chi connectivity index (χ3v) is 5.28. The van der Waals surface area contributed by atoms with Crippen molar-refractivity contribution in [3.05, 3.63) is 48.2 Å². The second-order valence-corrected chi connectivity index (χ2v) is 6.68. The van der Waals surface area contributed by atoms with E-state index in [0.717, 1.165) is 19.4 Å². The predicted molar refractivity (Wildman–Crippen MR) is 88.8 cm³/mol. The van der Waals surface area contributed by atoms with Crippen LogP contribution in [-0.4, -0.2) is 41.3 Å². The van der Waals surface area contributed by atoms with Crippen molar-refractivity contribution in [2.45, 2.75) is 25.0 Å². The van der Waals surface area contributed by atoms with Crippen LogP contribution >= 0.6 is 0 Å². The van der Waals surface area contributed by atoms with Crippen LogP contribution in [0.3, 0.4) is 0 Å². The Morgan fingerprint density at radius 2 is 2.08 bits per heavy atom. The Labute approximate surface area is 145 Å². The van der Waals surface area contributed by atoms with Crippen molar-refractivity contribution < 1.29 is 19.0 Å². The first kappa shape index (κ1) is 14.6. The van der Waals surface area contributed by atoms with E-state index in [1.807, 2.05) is 23.1 Å². The molecule has 128 valence electrons. The van der Waals surface area contributed by atoms with E-state index in [4.69, 9.17) is 14.2 Å². The maximum absolute atomic E-state index is 13.0. The number of amides is 1. The molecule has 5 rings (SSSR count). The lowest BCUT2D eigenvalue weighted by molar-refractivity contribution is 0.0664. The summed E-state index contributed by atoms with van der Waals surface area (Å²) in [6.45, 7) is 0.941. The van der Waals surface area contributed by atoms with E-state index >= 15 is 0 Å². The summed E-state index contributed by atoms with van der Waals surface area (Å²) in [5.74, 6) is 2.35. The van der Waals surface area contributed by atoms with E-state index in [1.165, 1.54) is 0 Å². The number of pyridine rings is 1. The fourth-order valence-electron chi connectivity index (χ4n) is 4.10. The lowest BCUT2D eigenvalue weighted by Crippen LogP contribution is -2.40. The van der Waals surface area contributed by atoms with E-state index in [1.54, 1.807) is 24.4 Å². The average molecular weight is 338 g/mol. The van der Waals surface area contributed by atoms with Gasteiger partial charge in [0.2, 0.25) is 12.7 Å². The molecule has 0 unspecified atom stereocenters. The molecular weight excluding hydrogens is 320 g/mol. The number of piperidine rings is 1. The quantitative estimate of drug-likeness (QED) is 0.860. The second-order valence-electron chi connectivity index (χ2n) is 6.68. The highest BCUT2D eigenvalue weighted by Gasteiger charge is 2.50. The number of hydrogen-bond acceptors (Lipinski definition) is 5. The van der Waals surface area contributed by atoms with Crippen LogP contribution in [0, 0.1) is 5.92 Å². The molecule has 3 heterocycles. The fraction of sp³-hybridized carbons (Fsp3) is 0.368. The van der Waals surface area contributed by atoms with Gasteiger partial charge < -0.3 is 19.1 Å². The van der Waals surface area contributed by atoms with Gasteiger partial charge in [0.15, 0.2) is 11.5 Å². The minimum atomic E-state index is 0.0212. The van der Waals surface area contributed by atoms with Crippen LogP contribution in [0.5, 0.6) is 17.4 Å². The van der Waals surface area contributed by atoms with Crippen LogP contribution in [-0.2, 0) is 0 Å². The summed E-state index contributed by atoms with van der Waals surface area (Å²) < 4.78 is 16.8. The number of rotatable bonds is 3. The Morgan fingerprint density at radius 1 is 1.16 bits per heavy atom. The van der Waals surface area contributed by atoms with Gasteiger partial charge in [-0.1, -0.05) is 6.07 Å². The van der Waals surface area contributed by atoms with E-state index in [9.17, 15) is 4.79 Å². The molecule has 1 aromatic heterocycles. The van der Waals surface area contributed by atoms with Crippen molar-refractivity contribution in [3.63, 3.8) is 0 Å². The highest BCUT2D eigenvalue weighted by molar-refractivity contribution is 5.95. The van der Waals surface area contributed by atoms with Gasteiger partial charge in [-0.15, -0.1) is 0 Å². The zero-order valence-corrected chi connectivity index (χ0v) is 13.6. The summed E-state index contributed by atoms with van der Waals surface area (Å²) in [5, 5.41) is 0. The largest absolute Gasteiger partial charge is 0.472 e. The van der Waals surface area contributed by atoms with Crippen LogP contribution in [0.4, 0.5) is 0 Å². The molecule has 1 aromatic carbocycles. The Kier molecular flexibility index (Phi) is 3.29. The normalized spacial score (nSPS) is 26.1. The molecule has 0 spiro atoms. The molecule has 0 N–H and O–H groups in total. The lowest BCUT2D eigenvalue weighted by atomic mass is 10.1. The average Bonchev–Trinajstić information content (AvgIpc) is 3.36. The van der Waals surface area contributed by atoms with Gasteiger partial charge in [0.1, 0.15) is 6.10 Å². The number of ether oxygens (including phenoxy) is 3. The van der Waals surface area contributed by atoms with Gasteiger partial charge in [0, 0.05) is 30.3 Å². The van der Waals surface area contributed by atoms with Gasteiger partial charge in [0.05, 0.1) is 6.04 Å². The molecule has 6 heteroatoms. The minimum Gasteiger partial charge on any atom is -0.472 e. The maximum atomic E-state index is 13.0. The van der Waals surface area contributed by atoms with Crippen molar-refractivity contribution in [1.29, 1.82) is 0 Å². The third kappa shape index (κ3) is 2.40. The molecule has 1 saturated heterocycles. The summed E-state index contributed by atoms with van der Waals surface area (Å²) in [6, 6.07) is 11.1. The molecule has 2 aliphatic heterocycles. The zero-order chi connectivity index (χ0) is 16.8. The first-order valence-electron chi connectivity index (χ1n) is 8.58. The van der Waals surface area contributed by atoms with Gasteiger partial charge in [-0.05, 0) is 37.1 Å². The minimum absolute atomic E-state index is 0.0212. The summed E-state index contributed by atoms with van der Waals surface area (Å²) >= 11 is 0. The van der Waals surface area contributed by atoms with E-state index in [0.29, 0.717) is 28.9 Å². The Hall–Kier alpha value is -2.76. The van der Waals surface area contributed by atoms with Crippen molar-refractivity contribution in [2.75, 3.05) is 13.3 Å². The van der Waals surface area contributed by atoms with Crippen LogP contribution in [0.25, 0.3) is 0 Å². The molecule has 1 aliphatic carbocycles. The second kappa shape index (κ2) is 5.65. The molecule has 2 bridgehead atoms. The van der Waals surface area contributed by atoms with Crippen molar-refractivity contribution in [2.24, 2.45) is 5.92 Å². The fourth-order valence-corrected chi connectivity index (χ4v) is 4.10. The standard InChI is InChI=1S/C19H18N2O4/c22-19(12-5-7-15-16(9-12)24-11-23-15)21-10-13-4-6-14(21)18(13)25-17-3-1-2-8-20-17/h1-3,5,7-9,13-14,18H,4,6,10-11H2/t13-,14+,18+/m1/s1. The smallest absolute Gasteiger partial charge is 0.254 e. The van der Waals surface area contributed by atoms with Gasteiger partial charge in [-0.25, -0.2) is 4.98 Å². The molecule has 3 aliphatic rings. The maximum Gasteiger partial charge on any atom is 0.254 e. The first-order chi connectivity index (χ1) is 12.3. The van der Waals surface area contributed by atoms with Gasteiger partial charge in [-0.3, -0.25) is 4.79 Å². The Balaban J connectivity index is 1.36. The zero-order valence-electron chi connectivity index (χ0n) is 13.6. The highest BCUT2D eigenvalue weighted by Crippen LogP contribution is 2.41. The lowest BCUT2D eigenvalue weighted by Gasteiger charge is -2.27. The Bertz CT molecular complexity index is 810. The van der Waals surface area contributed by atoms with Crippen molar-refractivity contribution >= 4 is 5.91 Å². The molecule has 6 nitrogen and oxygen atoms in total. The van der Waals surface area contributed by atoms with Crippen molar-refractivity contribution in [3.8, 4) is 17.4 Å². The molecule has 25 heavy (non-hydrogen) atoms. The Morgan fingerprint density at radius 3 is 2.96 bits per heavy atom. The first-order valence-corrected chi connectivity index (χ1v) is 8.58. The number of carbonyl (C=O) groups excluding carboxylic acids is 1. The third-order valence-electron chi connectivity index (χ3n) is 5.28. The molecule has 0 radical (unpaired) electrons. The molecular formula is C19H18N2O4. The molecule has 3 atom stereocenters. The van der Waals surface area contributed by atoms with Crippen LogP contribution < -0.4 is 14.2 Å². The van der Waals surface area contributed by atoms with Gasteiger partial charge in [0.25, 0.3) is 5.91 Å². The highest BCUT2D eigenvalue weighted by atomic mass is 16.7.